The first-order chi connectivity index (χ1) is 16.0. The van der Waals surface area contributed by atoms with Crippen LogP contribution in [0, 0.1) is 5.92 Å². The van der Waals surface area contributed by atoms with Crippen molar-refractivity contribution in [1.29, 1.82) is 0 Å². The minimum Gasteiger partial charge on any atom is -0.492 e. The van der Waals surface area contributed by atoms with E-state index in [2.05, 4.69) is 43.0 Å². The number of benzene rings is 3. The standard InChI is InChI=1S/C28H32N2O3/c1-3-21(2)20-33-27-15-14-24(16-25(27)28(29)32)26(31)19-30(17-22-10-6-4-7-11-22)18-23-12-8-5-9-13-23/h4-16,21H,3,17-20H2,1-2H3,(H2,29,32). The van der Waals surface area contributed by atoms with Crippen LogP contribution in [0.1, 0.15) is 52.1 Å². The molecule has 2 N–H and O–H groups in total. The van der Waals surface area contributed by atoms with E-state index in [0.717, 1.165) is 17.5 Å². The Labute approximate surface area is 196 Å². The summed E-state index contributed by atoms with van der Waals surface area (Å²) >= 11 is 0. The van der Waals surface area contributed by atoms with Gasteiger partial charge in [-0.1, -0.05) is 80.9 Å². The minimum atomic E-state index is -0.603. The van der Waals surface area contributed by atoms with Gasteiger partial charge >= 0.3 is 0 Å². The third kappa shape index (κ3) is 7.29. The average Bonchev–Trinajstić information content (AvgIpc) is 2.83. The van der Waals surface area contributed by atoms with E-state index >= 15 is 0 Å². The zero-order valence-corrected chi connectivity index (χ0v) is 19.4. The molecule has 0 bridgehead atoms. The molecule has 0 aliphatic rings. The number of Topliss-reactive ketones (excluding diaryl/α,β-unsaturated/α-hetero) is 1. The van der Waals surface area contributed by atoms with Crippen molar-refractivity contribution >= 4 is 11.7 Å². The number of primary amides is 1. The van der Waals surface area contributed by atoms with Crippen LogP contribution in [0.5, 0.6) is 5.75 Å². The van der Waals surface area contributed by atoms with Gasteiger partial charge in [0, 0.05) is 18.7 Å². The minimum absolute atomic E-state index is 0.0714. The fourth-order valence-corrected chi connectivity index (χ4v) is 3.52. The fourth-order valence-electron chi connectivity index (χ4n) is 3.52. The Morgan fingerprint density at radius 3 is 2.00 bits per heavy atom. The highest BCUT2D eigenvalue weighted by molar-refractivity contribution is 6.02. The van der Waals surface area contributed by atoms with Crippen LogP contribution in [-0.4, -0.2) is 29.7 Å². The number of hydrogen-bond donors (Lipinski definition) is 1. The lowest BCUT2D eigenvalue weighted by molar-refractivity contribution is 0.0920. The molecule has 5 nitrogen and oxygen atoms in total. The lowest BCUT2D eigenvalue weighted by atomic mass is 10.0. The summed E-state index contributed by atoms with van der Waals surface area (Å²) in [6.45, 7) is 6.15. The highest BCUT2D eigenvalue weighted by atomic mass is 16.5. The quantitative estimate of drug-likeness (QED) is 0.395. The van der Waals surface area contributed by atoms with Crippen molar-refractivity contribution in [3.05, 3.63) is 101 Å². The maximum absolute atomic E-state index is 13.2. The van der Waals surface area contributed by atoms with E-state index in [9.17, 15) is 9.59 Å². The lowest BCUT2D eigenvalue weighted by Crippen LogP contribution is -2.29. The Morgan fingerprint density at radius 2 is 1.48 bits per heavy atom. The van der Waals surface area contributed by atoms with Crippen molar-refractivity contribution in [1.82, 2.24) is 4.90 Å². The number of rotatable bonds is 12. The largest absolute Gasteiger partial charge is 0.492 e. The van der Waals surface area contributed by atoms with Gasteiger partial charge < -0.3 is 10.5 Å². The first-order valence-electron chi connectivity index (χ1n) is 11.4. The molecule has 3 aromatic carbocycles. The molecule has 172 valence electrons. The van der Waals surface area contributed by atoms with Crippen molar-refractivity contribution in [3.8, 4) is 5.75 Å². The van der Waals surface area contributed by atoms with Crippen LogP contribution in [0.3, 0.4) is 0 Å². The molecule has 1 atom stereocenters. The second-order valence-corrected chi connectivity index (χ2v) is 8.44. The van der Waals surface area contributed by atoms with E-state index in [-0.39, 0.29) is 17.9 Å². The third-order valence-electron chi connectivity index (χ3n) is 5.65. The summed E-state index contributed by atoms with van der Waals surface area (Å²) in [5, 5.41) is 0. The second kappa shape index (κ2) is 12.0. The Bertz CT molecular complexity index is 1010. The molecular weight excluding hydrogens is 412 g/mol. The van der Waals surface area contributed by atoms with Gasteiger partial charge in [0.15, 0.2) is 5.78 Å². The van der Waals surface area contributed by atoms with E-state index in [1.807, 2.05) is 36.4 Å². The molecule has 1 unspecified atom stereocenters. The molecule has 0 spiro atoms. The SMILES string of the molecule is CCC(C)COc1ccc(C(=O)CN(Cc2ccccc2)Cc2ccccc2)cc1C(N)=O. The molecule has 0 aliphatic carbocycles. The van der Waals surface area contributed by atoms with Gasteiger partial charge in [0.25, 0.3) is 5.91 Å². The summed E-state index contributed by atoms with van der Waals surface area (Å²) in [6, 6.07) is 25.1. The van der Waals surface area contributed by atoms with Gasteiger partial charge in [-0.25, -0.2) is 0 Å². The molecule has 0 saturated carbocycles. The number of ether oxygens (including phenoxy) is 1. The first kappa shape index (κ1) is 24.2. The summed E-state index contributed by atoms with van der Waals surface area (Å²) in [5.74, 6) is 0.105. The van der Waals surface area contributed by atoms with E-state index in [0.29, 0.717) is 36.9 Å². The third-order valence-corrected chi connectivity index (χ3v) is 5.65. The van der Waals surface area contributed by atoms with Crippen LogP contribution in [-0.2, 0) is 13.1 Å². The number of ketones is 1. The Balaban J connectivity index is 1.78. The van der Waals surface area contributed by atoms with Crippen molar-refractivity contribution in [3.63, 3.8) is 0 Å². The van der Waals surface area contributed by atoms with Gasteiger partial charge in [0.05, 0.1) is 18.7 Å². The molecule has 0 aromatic heterocycles. The smallest absolute Gasteiger partial charge is 0.252 e. The summed E-state index contributed by atoms with van der Waals surface area (Å²) < 4.78 is 5.80. The van der Waals surface area contributed by atoms with Crippen molar-refractivity contribution in [2.24, 2.45) is 11.7 Å². The van der Waals surface area contributed by atoms with Gasteiger partial charge in [-0.15, -0.1) is 0 Å². The molecule has 0 aliphatic heterocycles. The molecule has 0 radical (unpaired) electrons. The number of amides is 1. The number of nitrogens with zero attached hydrogens (tertiary/aromatic N) is 1. The first-order valence-corrected chi connectivity index (χ1v) is 11.4. The van der Waals surface area contributed by atoms with Crippen molar-refractivity contribution in [2.45, 2.75) is 33.4 Å². The Morgan fingerprint density at radius 1 is 0.909 bits per heavy atom. The zero-order valence-electron chi connectivity index (χ0n) is 19.4. The maximum atomic E-state index is 13.2. The summed E-state index contributed by atoms with van der Waals surface area (Å²) in [6.07, 6.45) is 0.973. The molecule has 3 aromatic rings. The summed E-state index contributed by atoms with van der Waals surface area (Å²) in [5.41, 5.74) is 8.54. The number of carbonyl (C=O) groups is 2. The van der Waals surface area contributed by atoms with Crippen molar-refractivity contribution in [2.75, 3.05) is 13.2 Å². The predicted molar refractivity (Wildman–Crippen MR) is 131 cm³/mol. The van der Waals surface area contributed by atoms with Gasteiger partial charge in [-0.3, -0.25) is 14.5 Å². The highest BCUT2D eigenvalue weighted by Crippen LogP contribution is 2.22. The van der Waals surface area contributed by atoms with E-state index < -0.39 is 5.91 Å². The predicted octanol–water partition coefficient (Wildman–Crippen LogP) is 5.10. The van der Waals surface area contributed by atoms with Gasteiger partial charge in [0.1, 0.15) is 5.75 Å². The normalized spacial score (nSPS) is 11.8. The van der Waals surface area contributed by atoms with Crippen molar-refractivity contribution < 1.29 is 14.3 Å². The lowest BCUT2D eigenvalue weighted by Gasteiger charge is -2.22. The number of carbonyl (C=O) groups excluding carboxylic acids is 2. The highest BCUT2D eigenvalue weighted by Gasteiger charge is 2.18. The second-order valence-electron chi connectivity index (χ2n) is 8.44. The molecule has 0 heterocycles. The van der Waals surface area contributed by atoms with Crippen LogP contribution in [0.4, 0.5) is 0 Å². The Hall–Kier alpha value is -3.44. The van der Waals surface area contributed by atoms with Gasteiger partial charge in [0.2, 0.25) is 0 Å². The van der Waals surface area contributed by atoms with Gasteiger partial charge in [-0.2, -0.15) is 0 Å². The number of nitrogens with two attached hydrogens (primary N) is 1. The molecular formula is C28H32N2O3. The molecule has 0 fully saturated rings. The molecule has 1 amide bonds. The monoisotopic (exact) mass is 444 g/mol. The van der Waals surface area contributed by atoms with Gasteiger partial charge in [-0.05, 0) is 35.2 Å². The molecule has 3 rings (SSSR count). The van der Waals surface area contributed by atoms with E-state index in [4.69, 9.17) is 10.5 Å². The van der Waals surface area contributed by atoms with Crippen LogP contribution >= 0.6 is 0 Å². The number of hydrogen-bond acceptors (Lipinski definition) is 4. The summed E-state index contributed by atoms with van der Waals surface area (Å²) in [7, 11) is 0. The Kier molecular flexibility index (Phi) is 8.79. The average molecular weight is 445 g/mol. The summed E-state index contributed by atoms with van der Waals surface area (Å²) in [4.78, 5) is 27.3. The van der Waals surface area contributed by atoms with E-state index in [1.54, 1.807) is 18.2 Å². The topological polar surface area (TPSA) is 72.6 Å². The molecule has 33 heavy (non-hydrogen) atoms. The van der Waals surface area contributed by atoms with E-state index in [1.165, 1.54) is 0 Å². The fraction of sp³-hybridized carbons (Fsp3) is 0.286. The molecule has 0 saturated heterocycles. The van der Waals surface area contributed by atoms with Crippen LogP contribution < -0.4 is 10.5 Å². The molecule has 5 heteroatoms. The maximum Gasteiger partial charge on any atom is 0.252 e. The van der Waals surface area contributed by atoms with Crippen LogP contribution in [0.2, 0.25) is 0 Å². The zero-order chi connectivity index (χ0) is 23.6. The van der Waals surface area contributed by atoms with Crippen LogP contribution in [0.25, 0.3) is 0 Å². The van der Waals surface area contributed by atoms with Crippen LogP contribution in [0.15, 0.2) is 78.9 Å².